The number of anilines is 1. The van der Waals surface area contributed by atoms with Crippen LogP contribution in [0.2, 0.25) is 0 Å². The van der Waals surface area contributed by atoms with Gasteiger partial charge in [-0.25, -0.2) is 9.97 Å². The summed E-state index contributed by atoms with van der Waals surface area (Å²) in [6.07, 6.45) is 6.68. The summed E-state index contributed by atoms with van der Waals surface area (Å²) in [5.74, 6) is 1.22. The average molecular weight is 316 g/mol. The van der Waals surface area contributed by atoms with E-state index in [1.165, 1.54) is 5.56 Å². The number of amides is 1. The first-order chi connectivity index (χ1) is 10.7. The molecular weight excluding hydrogens is 296 g/mol. The van der Waals surface area contributed by atoms with Crippen LogP contribution >= 0.6 is 11.3 Å². The minimum absolute atomic E-state index is 0.0648. The van der Waals surface area contributed by atoms with E-state index in [0.717, 1.165) is 35.7 Å². The molecule has 1 amide bonds. The van der Waals surface area contributed by atoms with Crippen LogP contribution in [0, 0.1) is 5.92 Å². The lowest BCUT2D eigenvalue weighted by atomic mass is 9.88. The van der Waals surface area contributed by atoms with Gasteiger partial charge in [0.05, 0.1) is 23.0 Å². The Balaban J connectivity index is 1.92. The van der Waals surface area contributed by atoms with Gasteiger partial charge in [0.15, 0.2) is 5.82 Å². The minimum Gasteiger partial charge on any atom is -0.386 e. The lowest BCUT2D eigenvalue weighted by Gasteiger charge is -2.18. The third-order valence-electron chi connectivity index (χ3n) is 4.34. The summed E-state index contributed by atoms with van der Waals surface area (Å²) < 4.78 is 0. The van der Waals surface area contributed by atoms with E-state index in [0.29, 0.717) is 0 Å². The van der Waals surface area contributed by atoms with Crippen LogP contribution in [-0.4, -0.2) is 30.0 Å². The van der Waals surface area contributed by atoms with Gasteiger partial charge in [0.1, 0.15) is 0 Å². The molecule has 2 atom stereocenters. The van der Waals surface area contributed by atoms with Gasteiger partial charge < -0.3 is 10.6 Å². The van der Waals surface area contributed by atoms with E-state index in [-0.39, 0.29) is 17.7 Å². The fraction of sp³-hybridized carbons (Fsp3) is 0.438. The molecule has 0 bridgehead atoms. The Hall–Kier alpha value is -1.95. The molecule has 22 heavy (non-hydrogen) atoms. The molecule has 1 saturated carbocycles. The second kappa shape index (κ2) is 6.44. The fourth-order valence-electron chi connectivity index (χ4n) is 3.20. The second-order valence-corrected chi connectivity index (χ2v) is 6.42. The van der Waals surface area contributed by atoms with Crippen molar-refractivity contribution in [1.82, 2.24) is 15.3 Å². The highest BCUT2D eigenvalue weighted by atomic mass is 32.1. The topological polar surface area (TPSA) is 66.9 Å². The first-order valence-corrected chi connectivity index (χ1v) is 8.41. The van der Waals surface area contributed by atoms with Crippen LogP contribution in [0.15, 0.2) is 23.8 Å². The first-order valence-electron chi connectivity index (χ1n) is 7.53. The quantitative estimate of drug-likeness (QED) is 0.910. The fourth-order valence-corrected chi connectivity index (χ4v) is 4.12. The molecule has 0 radical (unpaired) electrons. The predicted molar refractivity (Wildman–Crippen MR) is 89.0 cm³/mol. The van der Waals surface area contributed by atoms with E-state index in [2.05, 4.69) is 32.0 Å². The zero-order chi connectivity index (χ0) is 15.5. The predicted octanol–water partition coefficient (Wildman–Crippen LogP) is 2.88. The highest BCUT2D eigenvalue weighted by molar-refractivity contribution is 7.13. The maximum atomic E-state index is 12.1. The second-order valence-electron chi connectivity index (χ2n) is 5.51. The maximum absolute atomic E-state index is 12.1. The summed E-state index contributed by atoms with van der Waals surface area (Å²) in [7, 11) is 3.56. The molecule has 2 N–H and O–H groups in total. The van der Waals surface area contributed by atoms with Crippen molar-refractivity contribution in [2.75, 3.05) is 19.4 Å². The standard InChI is InChI=1S/C16H20N4OS/c1-17-10-8-19-15(20-9-10)14-12(6-7-22-14)11-4-3-5-13(11)16(21)18-2/h6-9,11,13,17H,3-5H2,1-2H3,(H,18,21)/t11-,13+/m0/s1. The molecular formula is C16H20N4OS. The molecule has 1 aliphatic carbocycles. The van der Waals surface area contributed by atoms with Crippen LogP contribution < -0.4 is 10.6 Å². The van der Waals surface area contributed by atoms with Crippen LogP contribution in [0.5, 0.6) is 0 Å². The van der Waals surface area contributed by atoms with Crippen LogP contribution in [0.25, 0.3) is 10.7 Å². The van der Waals surface area contributed by atoms with Crippen molar-refractivity contribution >= 4 is 22.9 Å². The van der Waals surface area contributed by atoms with Crippen LogP contribution in [0.4, 0.5) is 5.69 Å². The molecule has 3 rings (SSSR count). The Morgan fingerprint density at radius 2 is 2.05 bits per heavy atom. The normalized spacial score (nSPS) is 20.8. The summed E-state index contributed by atoms with van der Waals surface area (Å²) in [4.78, 5) is 22.1. The monoisotopic (exact) mass is 316 g/mol. The van der Waals surface area contributed by atoms with Gasteiger partial charge >= 0.3 is 0 Å². The summed E-state index contributed by atoms with van der Waals surface area (Å²) in [6, 6.07) is 2.13. The Morgan fingerprint density at radius 1 is 1.27 bits per heavy atom. The van der Waals surface area contributed by atoms with Crippen LogP contribution in [0.3, 0.4) is 0 Å². The lowest BCUT2D eigenvalue weighted by molar-refractivity contribution is -0.124. The number of hydrogen-bond acceptors (Lipinski definition) is 5. The van der Waals surface area contributed by atoms with Gasteiger partial charge in [0.2, 0.25) is 5.91 Å². The Labute approximate surface area is 134 Å². The Kier molecular flexibility index (Phi) is 4.38. The molecule has 116 valence electrons. The van der Waals surface area contributed by atoms with E-state index in [1.54, 1.807) is 30.8 Å². The maximum Gasteiger partial charge on any atom is 0.223 e. The van der Waals surface area contributed by atoms with Crippen molar-refractivity contribution in [2.24, 2.45) is 5.92 Å². The number of aromatic nitrogens is 2. The van der Waals surface area contributed by atoms with E-state index in [9.17, 15) is 4.79 Å². The van der Waals surface area contributed by atoms with Crippen molar-refractivity contribution < 1.29 is 4.79 Å². The zero-order valence-electron chi connectivity index (χ0n) is 12.8. The average Bonchev–Trinajstić information content (AvgIpc) is 3.22. The van der Waals surface area contributed by atoms with Gasteiger partial charge in [-0.15, -0.1) is 11.3 Å². The SMILES string of the molecule is CNC(=O)[C@@H]1CCC[C@H]1c1ccsc1-c1ncc(NC)cn1. The van der Waals surface area contributed by atoms with E-state index in [4.69, 9.17) is 0 Å². The number of carbonyl (C=O) groups is 1. The summed E-state index contributed by atoms with van der Waals surface area (Å²) in [5, 5.41) is 7.89. The van der Waals surface area contributed by atoms with Crippen molar-refractivity contribution in [2.45, 2.75) is 25.2 Å². The van der Waals surface area contributed by atoms with E-state index >= 15 is 0 Å². The third kappa shape index (κ3) is 2.70. The van der Waals surface area contributed by atoms with Gasteiger partial charge in [0, 0.05) is 20.0 Å². The molecule has 0 aliphatic heterocycles. The highest BCUT2D eigenvalue weighted by Crippen LogP contribution is 2.44. The summed E-state index contributed by atoms with van der Waals surface area (Å²) >= 11 is 1.65. The molecule has 1 fully saturated rings. The molecule has 1 aliphatic rings. The number of thiophene rings is 1. The Bertz CT molecular complexity index is 652. The number of rotatable bonds is 4. The van der Waals surface area contributed by atoms with E-state index < -0.39 is 0 Å². The molecule has 2 heterocycles. The van der Waals surface area contributed by atoms with Crippen molar-refractivity contribution in [3.8, 4) is 10.7 Å². The molecule has 0 aromatic carbocycles. The minimum atomic E-state index is 0.0648. The highest BCUT2D eigenvalue weighted by Gasteiger charge is 2.35. The van der Waals surface area contributed by atoms with Gasteiger partial charge in [-0.1, -0.05) is 6.42 Å². The van der Waals surface area contributed by atoms with Gasteiger partial charge in [-0.3, -0.25) is 4.79 Å². The molecule has 2 aromatic rings. The largest absolute Gasteiger partial charge is 0.386 e. The molecule has 6 heteroatoms. The summed E-state index contributed by atoms with van der Waals surface area (Å²) in [6.45, 7) is 0. The lowest BCUT2D eigenvalue weighted by Crippen LogP contribution is -2.28. The number of nitrogens with zero attached hydrogens (tertiary/aromatic N) is 2. The zero-order valence-corrected chi connectivity index (χ0v) is 13.6. The molecule has 5 nitrogen and oxygen atoms in total. The van der Waals surface area contributed by atoms with E-state index in [1.807, 2.05) is 7.05 Å². The molecule has 0 unspecified atom stereocenters. The third-order valence-corrected chi connectivity index (χ3v) is 5.26. The summed E-state index contributed by atoms with van der Waals surface area (Å²) in [5.41, 5.74) is 2.11. The van der Waals surface area contributed by atoms with Crippen molar-refractivity contribution in [1.29, 1.82) is 0 Å². The molecule has 0 spiro atoms. The molecule has 2 aromatic heterocycles. The molecule has 0 saturated heterocycles. The number of hydrogen-bond donors (Lipinski definition) is 2. The number of nitrogens with one attached hydrogen (secondary N) is 2. The van der Waals surface area contributed by atoms with Crippen LogP contribution in [-0.2, 0) is 4.79 Å². The van der Waals surface area contributed by atoms with Gasteiger partial charge in [0.25, 0.3) is 0 Å². The number of carbonyl (C=O) groups excluding carboxylic acids is 1. The smallest absolute Gasteiger partial charge is 0.223 e. The van der Waals surface area contributed by atoms with Gasteiger partial charge in [-0.05, 0) is 35.8 Å². The Morgan fingerprint density at radius 3 is 2.73 bits per heavy atom. The van der Waals surface area contributed by atoms with Gasteiger partial charge in [-0.2, -0.15) is 0 Å². The first kappa shape index (κ1) is 15.0. The van der Waals surface area contributed by atoms with Crippen molar-refractivity contribution in [3.05, 3.63) is 29.4 Å². The van der Waals surface area contributed by atoms with Crippen LogP contribution in [0.1, 0.15) is 30.7 Å². The van der Waals surface area contributed by atoms with Crippen molar-refractivity contribution in [3.63, 3.8) is 0 Å².